The summed E-state index contributed by atoms with van der Waals surface area (Å²) in [7, 11) is 0. The summed E-state index contributed by atoms with van der Waals surface area (Å²) in [6.07, 6.45) is 6.28. The molecule has 1 N–H and O–H groups in total. The third kappa shape index (κ3) is 4.39. The molecule has 0 saturated heterocycles. The van der Waals surface area contributed by atoms with Crippen LogP contribution < -0.4 is 14.8 Å². The number of nitrogens with one attached hydrogen (secondary N) is 1. The fraction of sp³-hybridized carbons (Fsp3) is 0.545. The van der Waals surface area contributed by atoms with E-state index in [-0.39, 0.29) is 18.0 Å². The van der Waals surface area contributed by atoms with Gasteiger partial charge in [-0.2, -0.15) is 0 Å². The summed E-state index contributed by atoms with van der Waals surface area (Å²) < 4.78 is 13.1. The summed E-state index contributed by atoms with van der Waals surface area (Å²) >= 11 is 1.56. The first-order valence-corrected chi connectivity index (χ1v) is 11.3. The Balaban J connectivity index is 1.39. The number of aromatic nitrogens is 2. The molecule has 1 aromatic carbocycles. The monoisotopic (exact) mass is 415 g/mol. The SMILES string of the molecule is Cc1nc(SC(C)C(=O)NCc2ccc3c(c2)OCO3)n(C2CCCCC2)c1C. The Morgan fingerprint density at radius 3 is 2.79 bits per heavy atom. The predicted molar refractivity (Wildman–Crippen MR) is 114 cm³/mol. The second-order valence-corrected chi connectivity index (χ2v) is 9.20. The molecule has 1 aliphatic heterocycles. The number of aryl methyl sites for hydroxylation is 1. The van der Waals surface area contributed by atoms with E-state index in [1.807, 2.05) is 25.1 Å². The normalized spacial score (nSPS) is 17.3. The highest BCUT2D eigenvalue weighted by Gasteiger charge is 2.25. The number of thioether (sulfide) groups is 1. The van der Waals surface area contributed by atoms with Crippen LogP contribution in [0.3, 0.4) is 0 Å². The zero-order valence-corrected chi connectivity index (χ0v) is 18.2. The van der Waals surface area contributed by atoms with Gasteiger partial charge in [-0.25, -0.2) is 4.98 Å². The molecule has 1 atom stereocenters. The van der Waals surface area contributed by atoms with Crippen molar-refractivity contribution < 1.29 is 14.3 Å². The van der Waals surface area contributed by atoms with E-state index in [1.54, 1.807) is 11.8 Å². The molecule has 1 fully saturated rings. The number of fused-ring (bicyclic) bond motifs is 1. The summed E-state index contributed by atoms with van der Waals surface area (Å²) in [5.74, 6) is 1.50. The first-order valence-electron chi connectivity index (χ1n) is 10.4. The molecule has 1 unspecified atom stereocenters. The lowest BCUT2D eigenvalue weighted by molar-refractivity contribution is -0.120. The molecule has 2 aromatic rings. The molecule has 4 rings (SSSR count). The summed E-state index contributed by atoms with van der Waals surface area (Å²) in [5, 5.41) is 3.79. The van der Waals surface area contributed by atoms with Gasteiger partial charge in [0.1, 0.15) is 0 Å². The van der Waals surface area contributed by atoms with E-state index >= 15 is 0 Å². The van der Waals surface area contributed by atoms with Crippen molar-refractivity contribution in [3.05, 3.63) is 35.2 Å². The maximum Gasteiger partial charge on any atom is 0.233 e. The van der Waals surface area contributed by atoms with E-state index in [0.717, 1.165) is 27.9 Å². The summed E-state index contributed by atoms with van der Waals surface area (Å²) in [6.45, 7) is 6.87. The topological polar surface area (TPSA) is 65.4 Å². The van der Waals surface area contributed by atoms with Crippen molar-refractivity contribution in [1.29, 1.82) is 0 Å². The maximum absolute atomic E-state index is 12.7. The number of carbonyl (C=O) groups is 1. The molecule has 1 aliphatic carbocycles. The third-order valence-corrected chi connectivity index (χ3v) is 6.92. The van der Waals surface area contributed by atoms with Gasteiger partial charge in [-0.3, -0.25) is 4.79 Å². The van der Waals surface area contributed by atoms with Crippen LogP contribution in [-0.2, 0) is 11.3 Å². The van der Waals surface area contributed by atoms with E-state index in [4.69, 9.17) is 14.5 Å². The Hall–Kier alpha value is -2.15. The molecule has 6 nitrogen and oxygen atoms in total. The molecule has 1 aromatic heterocycles. The number of amides is 1. The van der Waals surface area contributed by atoms with Gasteiger partial charge in [-0.1, -0.05) is 37.1 Å². The highest BCUT2D eigenvalue weighted by atomic mass is 32.2. The van der Waals surface area contributed by atoms with Crippen molar-refractivity contribution in [2.75, 3.05) is 6.79 Å². The van der Waals surface area contributed by atoms with Crippen LogP contribution in [0.5, 0.6) is 11.5 Å². The van der Waals surface area contributed by atoms with Crippen LogP contribution in [-0.4, -0.2) is 27.5 Å². The number of carbonyl (C=O) groups excluding carboxylic acids is 1. The molecule has 0 radical (unpaired) electrons. The lowest BCUT2D eigenvalue weighted by Crippen LogP contribution is -2.30. The van der Waals surface area contributed by atoms with Crippen molar-refractivity contribution in [2.24, 2.45) is 0 Å². The Kier molecular flexibility index (Phi) is 6.04. The average Bonchev–Trinajstić information content (AvgIpc) is 3.30. The number of hydrogen-bond acceptors (Lipinski definition) is 5. The highest BCUT2D eigenvalue weighted by molar-refractivity contribution is 8.00. The highest BCUT2D eigenvalue weighted by Crippen LogP contribution is 2.35. The van der Waals surface area contributed by atoms with Gasteiger partial charge in [0, 0.05) is 18.3 Å². The Morgan fingerprint density at radius 2 is 2.00 bits per heavy atom. The number of benzene rings is 1. The molecular formula is C22H29N3O3S. The van der Waals surface area contributed by atoms with E-state index in [1.165, 1.54) is 37.8 Å². The predicted octanol–water partition coefficient (Wildman–Crippen LogP) is 4.53. The number of nitrogens with zero attached hydrogens (tertiary/aromatic N) is 2. The standard InChI is InChI=1S/C22H29N3O3S/c1-14-15(2)25(18-7-5-4-6-8-18)22(24-14)29-16(3)21(26)23-12-17-9-10-19-20(11-17)28-13-27-19/h9-11,16,18H,4-8,12-13H2,1-3H3,(H,23,26). The van der Waals surface area contributed by atoms with E-state index in [0.29, 0.717) is 12.6 Å². The number of hydrogen-bond donors (Lipinski definition) is 1. The molecule has 0 bridgehead atoms. The quantitative estimate of drug-likeness (QED) is 0.702. The van der Waals surface area contributed by atoms with Crippen LogP contribution in [0.4, 0.5) is 0 Å². The summed E-state index contributed by atoms with van der Waals surface area (Å²) in [5.41, 5.74) is 3.29. The smallest absolute Gasteiger partial charge is 0.233 e. The number of imidazole rings is 1. The molecule has 7 heteroatoms. The lowest BCUT2D eigenvalue weighted by atomic mass is 9.95. The second kappa shape index (κ2) is 8.69. The zero-order valence-electron chi connectivity index (χ0n) is 17.4. The van der Waals surface area contributed by atoms with Gasteiger partial charge in [0.05, 0.1) is 10.9 Å². The largest absolute Gasteiger partial charge is 0.454 e. The third-order valence-electron chi connectivity index (χ3n) is 5.85. The molecule has 0 spiro atoms. The minimum Gasteiger partial charge on any atom is -0.454 e. The Bertz CT molecular complexity index is 890. The van der Waals surface area contributed by atoms with Crippen molar-refractivity contribution >= 4 is 17.7 Å². The fourth-order valence-corrected chi connectivity index (χ4v) is 5.14. The molecule has 2 heterocycles. The van der Waals surface area contributed by atoms with Crippen LogP contribution in [0, 0.1) is 13.8 Å². The van der Waals surface area contributed by atoms with Gasteiger partial charge in [0.2, 0.25) is 12.7 Å². The van der Waals surface area contributed by atoms with Gasteiger partial charge < -0.3 is 19.4 Å². The molecule has 29 heavy (non-hydrogen) atoms. The van der Waals surface area contributed by atoms with E-state index < -0.39 is 0 Å². The van der Waals surface area contributed by atoms with Gasteiger partial charge in [-0.15, -0.1) is 0 Å². The van der Waals surface area contributed by atoms with E-state index in [9.17, 15) is 4.79 Å². The Morgan fingerprint density at radius 1 is 1.24 bits per heavy atom. The summed E-state index contributed by atoms with van der Waals surface area (Å²) in [4.78, 5) is 17.5. The first-order chi connectivity index (χ1) is 14.0. The number of ether oxygens (including phenoxy) is 2. The molecule has 1 saturated carbocycles. The lowest BCUT2D eigenvalue weighted by Gasteiger charge is -2.26. The molecular weight excluding hydrogens is 386 g/mol. The zero-order chi connectivity index (χ0) is 20.4. The van der Waals surface area contributed by atoms with Crippen molar-refractivity contribution in [3.8, 4) is 11.5 Å². The van der Waals surface area contributed by atoms with E-state index in [2.05, 4.69) is 23.7 Å². The molecule has 1 amide bonds. The van der Waals surface area contributed by atoms with Crippen molar-refractivity contribution in [2.45, 2.75) is 75.9 Å². The van der Waals surface area contributed by atoms with Crippen molar-refractivity contribution in [1.82, 2.24) is 14.9 Å². The summed E-state index contributed by atoms with van der Waals surface area (Å²) in [6, 6.07) is 6.27. The minimum atomic E-state index is -0.215. The number of rotatable bonds is 6. The van der Waals surface area contributed by atoms with Crippen LogP contribution in [0.15, 0.2) is 23.4 Å². The van der Waals surface area contributed by atoms with Crippen LogP contribution >= 0.6 is 11.8 Å². The van der Waals surface area contributed by atoms with Gasteiger partial charge in [-0.05, 0) is 51.3 Å². The maximum atomic E-state index is 12.7. The van der Waals surface area contributed by atoms with Gasteiger partial charge in [0.15, 0.2) is 16.7 Å². The van der Waals surface area contributed by atoms with Crippen LogP contribution in [0.1, 0.15) is 62.0 Å². The molecule has 2 aliphatic rings. The Labute approximate surface area is 176 Å². The van der Waals surface area contributed by atoms with Gasteiger partial charge >= 0.3 is 0 Å². The second-order valence-electron chi connectivity index (χ2n) is 7.89. The van der Waals surface area contributed by atoms with Crippen molar-refractivity contribution in [3.63, 3.8) is 0 Å². The first kappa shape index (κ1) is 20.1. The molecule has 156 valence electrons. The van der Waals surface area contributed by atoms with Gasteiger partial charge in [0.25, 0.3) is 0 Å². The average molecular weight is 416 g/mol. The van der Waals surface area contributed by atoms with Crippen LogP contribution in [0.2, 0.25) is 0 Å². The van der Waals surface area contributed by atoms with Crippen LogP contribution in [0.25, 0.3) is 0 Å². The minimum absolute atomic E-state index is 0.0150. The fourth-order valence-electron chi connectivity index (χ4n) is 4.04.